The number of carbonyl (C=O) groups is 3. The number of amides is 4. The maximum atomic E-state index is 12.4. The predicted octanol–water partition coefficient (Wildman–Crippen LogP) is 2.54. The highest BCUT2D eigenvalue weighted by atomic mass is 16.2. The van der Waals surface area contributed by atoms with Crippen molar-refractivity contribution in [2.75, 3.05) is 11.9 Å². The maximum Gasteiger partial charge on any atom is 0.325 e. The Morgan fingerprint density at radius 3 is 2.46 bits per heavy atom. The fourth-order valence-corrected chi connectivity index (χ4v) is 3.10. The fraction of sp³-hybridized carbons (Fsp3) is 0.400. The molecule has 8 heteroatoms. The molecule has 0 spiro atoms. The van der Waals surface area contributed by atoms with Gasteiger partial charge in [0.05, 0.1) is 11.4 Å². The summed E-state index contributed by atoms with van der Waals surface area (Å²) in [6.45, 7) is 7.40. The lowest BCUT2D eigenvalue weighted by Gasteiger charge is -2.15. The van der Waals surface area contributed by atoms with Crippen molar-refractivity contribution in [3.05, 3.63) is 41.6 Å². The van der Waals surface area contributed by atoms with E-state index in [1.165, 1.54) is 0 Å². The number of nitrogens with zero attached hydrogens (tertiary/aromatic N) is 3. The molecule has 1 aliphatic rings. The molecule has 28 heavy (non-hydrogen) atoms. The Bertz CT molecular complexity index is 914. The zero-order valence-corrected chi connectivity index (χ0v) is 16.6. The lowest BCUT2D eigenvalue weighted by Crippen LogP contribution is -2.40. The summed E-state index contributed by atoms with van der Waals surface area (Å²) in [4.78, 5) is 37.6. The average Bonchev–Trinajstić information content (AvgIpc) is 3.06. The van der Waals surface area contributed by atoms with Gasteiger partial charge in [-0.3, -0.25) is 14.5 Å². The number of benzene rings is 1. The van der Waals surface area contributed by atoms with Crippen LogP contribution in [0.25, 0.3) is 5.69 Å². The largest absolute Gasteiger partial charge is 0.325 e. The van der Waals surface area contributed by atoms with E-state index >= 15 is 0 Å². The van der Waals surface area contributed by atoms with E-state index in [0.717, 1.165) is 21.8 Å². The van der Waals surface area contributed by atoms with E-state index in [-0.39, 0.29) is 24.8 Å². The molecule has 8 nitrogen and oxygen atoms in total. The van der Waals surface area contributed by atoms with Crippen LogP contribution in [0, 0.1) is 13.8 Å². The van der Waals surface area contributed by atoms with Crippen LogP contribution >= 0.6 is 0 Å². The first-order valence-corrected chi connectivity index (χ1v) is 9.25. The van der Waals surface area contributed by atoms with Gasteiger partial charge in [0.2, 0.25) is 5.91 Å². The van der Waals surface area contributed by atoms with Crippen molar-refractivity contribution in [2.24, 2.45) is 0 Å². The third-order valence-electron chi connectivity index (χ3n) is 4.61. The van der Waals surface area contributed by atoms with Crippen LogP contribution in [0.1, 0.15) is 37.9 Å². The molecule has 2 heterocycles. The molecule has 2 aromatic rings. The number of hydrogen-bond acceptors (Lipinski definition) is 4. The molecule has 1 aromatic carbocycles. The Morgan fingerprint density at radius 1 is 1.18 bits per heavy atom. The summed E-state index contributed by atoms with van der Waals surface area (Å²) in [5.41, 5.74) is 1.90. The molecule has 0 atom stereocenters. The normalized spacial score (nSPS) is 15.6. The minimum absolute atomic E-state index is 0.190. The molecule has 1 saturated heterocycles. The first-order valence-electron chi connectivity index (χ1n) is 9.25. The molecule has 0 saturated carbocycles. The van der Waals surface area contributed by atoms with Crippen molar-refractivity contribution in [1.82, 2.24) is 20.0 Å². The molecule has 0 bridgehead atoms. The molecule has 1 aliphatic heterocycles. The van der Waals surface area contributed by atoms with Crippen LogP contribution in [0.4, 0.5) is 10.6 Å². The predicted molar refractivity (Wildman–Crippen MR) is 105 cm³/mol. The van der Waals surface area contributed by atoms with Crippen LogP contribution in [0.2, 0.25) is 0 Å². The second kappa shape index (κ2) is 7.46. The van der Waals surface area contributed by atoms with Gasteiger partial charge < -0.3 is 10.6 Å². The monoisotopic (exact) mass is 383 g/mol. The van der Waals surface area contributed by atoms with Crippen molar-refractivity contribution in [3.8, 4) is 5.69 Å². The third-order valence-corrected chi connectivity index (χ3v) is 4.61. The number of hydrogen-bond donors (Lipinski definition) is 2. The summed E-state index contributed by atoms with van der Waals surface area (Å²) in [6, 6.07) is 9.24. The quantitative estimate of drug-likeness (QED) is 0.749. The number of imide groups is 1. The lowest BCUT2D eigenvalue weighted by molar-refractivity contribution is -0.130. The number of aryl methyl sites for hydroxylation is 2. The molecule has 2 N–H and O–H groups in total. The third kappa shape index (κ3) is 4.05. The van der Waals surface area contributed by atoms with Crippen LogP contribution in [0.3, 0.4) is 0 Å². The number of carbonyl (C=O) groups excluding carboxylic acids is 3. The van der Waals surface area contributed by atoms with Crippen LogP contribution in [0.15, 0.2) is 30.3 Å². The Balaban J connectivity index is 1.59. The van der Waals surface area contributed by atoms with Gasteiger partial charge >= 0.3 is 6.03 Å². The summed E-state index contributed by atoms with van der Waals surface area (Å²) in [5, 5.41) is 9.93. The number of aromatic nitrogens is 2. The Morgan fingerprint density at radius 2 is 1.86 bits per heavy atom. The average molecular weight is 383 g/mol. The van der Waals surface area contributed by atoms with E-state index in [1.54, 1.807) is 24.6 Å². The Hall–Kier alpha value is -3.16. The number of anilines is 1. The zero-order chi connectivity index (χ0) is 20.5. The number of nitrogens with one attached hydrogen (secondary N) is 2. The number of rotatable bonds is 6. The highest BCUT2D eigenvalue weighted by Crippen LogP contribution is 2.19. The minimum atomic E-state index is -0.891. The minimum Gasteiger partial charge on any atom is -0.324 e. The maximum absolute atomic E-state index is 12.4. The smallest absolute Gasteiger partial charge is 0.324 e. The molecule has 3 rings (SSSR count). The molecule has 1 fully saturated rings. The molecule has 1 aromatic heterocycles. The standard InChI is InChI=1S/C20H25N5O3/c1-13-7-9-15(10-8-13)25-16(12-14(2)23-25)21-17(26)6-5-11-24-18(27)20(3,4)22-19(24)28/h7-10,12H,5-6,11H2,1-4H3,(H,21,26)(H,22,28). The van der Waals surface area contributed by atoms with Gasteiger partial charge in [-0.1, -0.05) is 17.7 Å². The van der Waals surface area contributed by atoms with E-state index < -0.39 is 11.6 Å². The van der Waals surface area contributed by atoms with Crippen molar-refractivity contribution in [2.45, 2.75) is 46.1 Å². The number of urea groups is 1. The molecule has 0 unspecified atom stereocenters. The highest BCUT2D eigenvalue weighted by molar-refractivity contribution is 6.06. The summed E-state index contributed by atoms with van der Waals surface area (Å²) < 4.78 is 1.69. The molecule has 4 amide bonds. The summed E-state index contributed by atoms with van der Waals surface area (Å²) in [5.74, 6) is 0.119. The van der Waals surface area contributed by atoms with Gasteiger partial charge in [-0.15, -0.1) is 0 Å². The fourth-order valence-electron chi connectivity index (χ4n) is 3.10. The second-order valence-electron chi connectivity index (χ2n) is 7.58. The topological polar surface area (TPSA) is 96.3 Å². The van der Waals surface area contributed by atoms with Crippen LogP contribution in [-0.4, -0.2) is 44.6 Å². The van der Waals surface area contributed by atoms with Gasteiger partial charge in [-0.05, 0) is 46.2 Å². The molecular weight excluding hydrogens is 358 g/mol. The van der Waals surface area contributed by atoms with Gasteiger partial charge in [-0.25, -0.2) is 9.48 Å². The van der Waals surface area contributed by atoms with E-state index in [2.05, 4.69) is 15.7 Å². The Labute approximate surface area is 163 Å². The van der Waals surface area contributed by atoms with Gasteiger partial charge in [0, 0.05) is 19.0 Å². The van der Waals surface area contributed by atoms with E-state index in [0.29, 0.717) is 12.2 Å². The lowest BCUT2D eigenvalue weighted by atomic mass is 10.1. The zero-order valence-electron chi connectivity index (χ0n) is 16.6. The van der Waals surface area contributed by atoms with Gasteiger partial charge in [0.15, 0.2) is 0 Å². The van der Waals surface area contributed by atoms with Crippen molar-refractivity contribution < 1.29 is 14.4 Å². The van der Waals surface area contributed by atoms with Crippen LogP contribution < -0.4 is 10.6 Å². The first kappa shape index (κ1) is 19.6. The Kier molecular flexibility index (Phi) is 5.22. The summed E-state index contributed by atoms with van der Waals surface area (Å²) in [6.07, 6.45) is 0.578. The molecule has 148 valence electrons. The van der Waals surface area contributed by atoms with Gasteiger partial charge in [0.1, 0.15) is 11.4 Å². The van der Waals surface area contributed by atoms with Crippen molar-refractivity contribution >= 4 is 23.7 Å². The highest BCUT2D eigenvalue weighted by Gasteiger charge is 2.43. The van der Waals surface area contributed by atoms with Crippen LogP contribution in [0.5, 0.6) is 0 Å². The van der Waals surface area contributed by atoms with E-state index in [4.69, 9.17) is 0 Å². The first-order chi connectivity index (χ1) is 13.2. The van der Waals surface area contributed by atoms with Crippen molar-refractivity contribution in [1.29, 1.82) is 0 Å². The SMILES string of the molecule is Cc1ccc(-n2nc(C)cc2NC(=O)CCCN2C(=O)NC(C)(C)C2=O)cc1. The van der Waals surface area contributed by atoms with Gasteiger partial charge in [0.25, 0.3) is 5.91 Å². The molecule has 0 aliphatic carbocycles. The van der Waals surface area contributed by atoms with Crippen molar-refractivity contribution in [3.63, 3.8) is 0 Å². The summed E-state index contributed by atoms with van der Waals surface area (Å²) >= 11 is 0. The molecule has 0 radical (unpaired) electrons. The van der Waals surface area contributed by atoms with E-state index in [1.807, 2.05) is 38.1 Å². The van der Waals surface area contributed by atoms with Crippen LogP contribution in [-0.2, 0) is 9.59 Å². The second-order valence-corrected chi connectivity index (χ2v) is 7.58. The van der Waals surface area contributed by atoms with Gasteiger partial charge in [-0.2, -0.15) is 5.10 Å². The van der Waals surface area contributed by atoms with E-state index in [9.17, 15) is 14.4 Å². The summed E-state index contributed by atoms with van der Waals surface area (Å²) in [7, 11) is 0. The molecular formula is C20H25N5O3.